The van der Waals surface area contributed by atoms with Gasteiger partial charge in [-0.15, -0.1) is 0 Å². The fraction of sp³-hybridized carbons (Fsp3) is 0.125. The summed E-state index contributed by atoms with van der Waals surface area (Å²) in [6.07, 6.45) is -1.03. The number of thiocarbonyl (C=S) groups is 1. The molecule has 0 unspecified atom stereocenters. The lowest BCUT2D eigenvalue weighted by Gasteiger charge is -2.27. The number of hydrogen-bond donors (Lipinski definition) is 3. The average Bonchev–Trinajstić information content (AvgIpc) is 2.56. The third-order valence-electron chi connectivity index (χ3n) is 3.09. The van der Waals surface area contributed by atoms with Gasteiger partial charge in [0.05, 0.1) is 0 Å². The molecule has 138 valence electrons. The monoisotopic (exact) mass is 605 g/mol. The summed E-state index contributed by atoms with van der Waals surface area (Å²) in [6, 6.07) is 14.4. The molecule has 0 aliphatic carbocycles. The molecule has 1 atom stereocenters. The third kappa shape index (κ3) is 7.01. The van der Waals surface area contributed by atoms with Crippen molar-refractivity contribution in [3.63, 3.8) is 0 Å². The molecule has 4 nitrogen and oxygen atoms in total. The molecule has 3 N–H and O–H groups in total. The van der Waals surface area contributed by atoms with Crippen LogP contribution in [0.1, 0.15) is 10.4 Å². The minimum absolute atomic E-state index is 0.207. The molecular weight excluding hydrogens is 595 g/mol. The van der Waals surface area contributed by atoms with Crippen molar-refractivity contribution in [1.29, 1.82) is 0 Å². The van der Waals surface area contributed by atoms with E-state index in [0.717, 1.165) is 13.7 Å². The first kappa shape index (κ1) is 22.0. The van der Waals surface area contributed by atoms with E-state index < -0.39 is 15.9 Å². The number of amides is 1. The largest absolute Gasteiger partial charge is 0.339 e. The summed E-state index contributed by atoms with van der Waals surface area (Å²) < 4.78 is 0.129. The first-order valence-electron chi connectivity index (χ1n) is 7.11. The fourth-order valence-electron chi connectivity index (χ4n) is 1.85. The predicted octanol–water partition coefficient (Wildman–Crippen LogP) is 5.47. The molecule has 26 heavy (non-hydrogen) atoms. The van der Waals surface area contributed by atoms with Gasteiger partial charge in [-0.1, -0.05) is 50.7 Å². The number of halogens is 5. The van der Waals surface area contributed by atoms with Crippen LogP contribution in [0.5, 0.6) is 0 Å². The molecular formula is C16H12BrCl3IN3OS. The molecule has 2 aromatic rings. The highest BCUT2D eigenvalue weighted by molar-refractivity contribution is 14.1. The Bertz CT molecular complexity index is 785. The number of alkyl halides is 3. The summed E-state index contributed by atoms with van der Waals surface area (Å²) in [5.41, 5.74) is 1.19. The molecule has 0 aliphatic rings. The molecule has 0 saturated carbocycles. The Labute approximate surface area is 193 Å². The van der Waals surface area contributed by atoms with Gasteiger partial charge < -0.3 is 16.0 Å². The number of anilines is 1. The summed E-state index contributed by atoms with van der Waals surface area (Å²) in [6.45, 7) is 0. The maximum absolute atomic E-state index is 12.4. The maximum atomic E-state index is 12.4. The Morgan fingerprint density at radius 2 is 1.62 bits per heavy atom. The Hall–Kier alpha value is -0.320. The molecule has 0 fully saturated rings. The van der Waals surface area contributed by atoms with Crippen LogP contribution < -0.4 is 16.0 Å². The van der Waals surface area contributed by atoms with Crippen LogP contribution in [0.2, 0.25) is 0 Å². The normalized spacial score (nSPS) is 12.2. The van der Waals surface area contributed by atoms with Crippen molar-refractivity contribution in [2.24, 2.45) is 0 Å². The van der Waals surface area contributed by atoms with Crippen molar-refractivity contribution in [2.75, 3.05) is 5.32 Å². The lowest BCUT2D eigenvalue weighted by atomic mass is 10.2. The highest BCUT2D eigenvalue weighted by Crippen LogP contribution is 2.29. The Morgan fingerprint density at radius 3 is 2.15 bits per heavy atom. The molecule has 0 radical (unpaired) electrons. The van der Waals surface area contributed by atoms with Gasteiger partial charge in [0, 0.05) is 19.3 Å². The first-order valence-corrected chi connectivity index (χ1v) is 10.5. The zero-order chi connectivity index (χ0) is 19.3. The van der Waals surface area contributed by atoms with E-state index in [1.165, 1.54) is 0 Å². The second-order valence-electron chi connectivity index (χ2n) is 5.06. The van der Waals surface area contributed by atoms with Crippen molar-refractivity contribution >= 4 is 102 Å². The second-order valence-corrected chi connectivity index (χ2v) is 10.00. The van der Waals surface area contributed by atoms with Crippen LogP contribution in [0.4, 0.5) is 5.69 Å². The maximum Gasteiger partial charge on any atom is 0.252 e. The number of rotatable bonds is 4. The summed E-state index contributed by atoms with van der Waals surface area (Å²) >= 11 is 28.7. The summed E-state index contributed by atoms with van der Waals surface area (Å²) in [7, 11) is 0. The van der Waals surface area contributed by atoms with E-state index in [0.29, 0.717) is 5.56 Å². The molecule has 2 rings (SSSR count). The first-order chi connectivity index (χ1) is 12.1. The minimum Gasteiger partial charge on any atom is -0.339 e. The smallest absolute Gasteiger partial charge is 0.252 e. The number of nitrogens with one attached hydrogen (secondary N) is 3. The van der Waals surface area contributed by atoms with E-state index in [2.05, 4.69) is 54.5 Å². The Balaban J connectivity index is 2.04. The molecule has 0 saturated heterocycles. The van der Waals surface area contributed by atoms with Crippen molar-refractivity contribution in [1.82, 2.24) is 10.6 Å². The van der Waals surface area contributed by atoms with Gasteiger partial charge in [-0.05, 0) is 83.3 Å². The van der Waals surface area contributed by atoms with Gasteiger partial charge in [-0.2, -0.15) is 0 Å². The van der Waals surface area contributed by atoms with E-state index >= 15 is 0 Å². The topological polar surface area (TPSA) is 53.2 Å². The van der Waals surface area contributed by atoms with Gasteiger partial charge in [0.1, 0.15) is 6.17 Å². The van der Waals surface area contributed by atoms with E-state index in [4.69, 9.17) is 47.0 Å². The third-order valence-corrected chi connectivity index (χ3v) is 5.21. The zero-order valence-electron chi connectivity index (χ0n) is 12.9. The van der Waals surface area contributed by atoms with E-state index in [-0.39, 0.29) is 5.11 Å². The average molecular weight is 608 g/mol. The molecule has 0 spiro atoms. The molecule has 0 heterocycles. The Morgan fingerprint density at radius 1 is 1.04 bits per heavy atom. The van der Waals surface area contributed by atoms with Gasteiger partial charge in [0.15, 0.2) is 5.11 Å². The van der Waals surface area contributed by atoms with Crippen LogP contribution in [-0.2, 0) is 0 Å². The number of hydrogen-bond acceptors (Lipinski definition) is 2. The second kappa shape index (κ2) is 9.75. The fourth-order valence-corrected chi connectivity index (χ4v) is 3.03. The lowest BCUT2D eigenvalue weighted by Crippen LogP contribution is -2.56. The molecule has 0 aromatic heterocycles. The Kier molecular flexibility index (Phi) is 8.24. The van der Waals surface area contributed by atoms with Crippen LogP contribution in [0.25, 0.3) is 0 Å². The number of carbonyl (C=O) groups is 1. The SMILES string of the molecule is O=C(N[C@@H](NC(=S)Nc1ccc(I)cc1)C(Cl)(Cl)Cl)c1ccc(Br)cc1. The lowest BCUT2D eigenvalue weighted by molar-refractivity contribution is 0.0934. The van der Waals surface area contributed by atoms with Gasteiger partial charge in [0.25, 0.3) is 5.91 Å². The van der Waals surface area contributed by atoms with E-state index in [1.807, 2.05) is 24.3 Å². The predicted molar refractivity (Wildman–Crippen MR) is 124 cm³/mol. The summed E-state index contributed by atoms with van der Waals surface area (Å²) in [5.74, 6) is -0.404. The van der Waals surface area contributed by atoms with Crippen molar-refractivity contribution in [3.05, 3.63) is 62.1 Å². The molecule has 10 heteroatoms. The van der Waals surface area contributed by atoms with Gasteiger partial charge in [0.2, 0.25) is 3.79 Å². The van der Waals surface area contributed by atoms with Crippen LogP contribution in [-0.4, -0.2) is 21.0 Å². The van der Waals surface area contributed by atoms with Gasteiger partial charge in [-0.3, -0.25) is 4.79 Å². The number of carbonyl (C=O) groups excluding carboxylic acids is 1. The molecule has 1 amide bonds. The summed E-state index contributed by atoms with van der Waals surface area (Å²) in [5, 5.41) is 8.62. The minimum atomic E-state index is -1.82. The highest BCUT2D eigenvalue weighted by Gasteiger charge is 2.34. The van der Waals surface area contributed by atoms with Crippen LogP contribution in [0, 0.1) is 3.57 Å². The van der Waals surface area contributed by atoms with Crippen molar-refractivity contribution in [2.45, 2.75) is 9.96 Å². The summed E-state index contributed by atoms with van der Waals surface area (Å²) in [4.78, 5) is 12.4. The quantitative estimate of drug-likeness (QED) is 0.187. The molecule has 2 aromatic carbocycles. The zero-order valence-corrected chi connectivity index (χ0v) is 19.7. The van der Waals surface area contributed by atoms with Crippen LogP contribution >= 0.6 is 85.5 Å². The highest BCUT2D eigenvalue weighted by atomic mass is 127. The molecule has 0 aliphatic heterocycles. The van der Waals surface area contributed by atoms with Crippen molar-refractivity contribution < 1.29 is 4.79 Å². The van der Waals surface area contributed by atoms with Crippen LogP contribution in [0.3, 0.4) is 0 Å². The van der Waals surface area contributed by atoms with Crippen molar-refractivity contribution in [3.8, 4) is 0 Å². The van der Waals surface area contributed by atoms with E-state index in [9.17, 15) is 4.79 Å². The number of benzene rings is 2. The van der Waals surface area contributed by atoms with Gasteiger partial charge >= 0.3 is 0 Å². The molecule has 0 bridgehead atoms. The van der Waals surface area contributed by atoms with E-state index in [1.54, 1.807) is 24.3 Å². The van der Waals surface area contributed by atoms with Crippen LogP contribution in [0.15, 0.2) is 53.0 Å². The standard InChI is InChI=1S/C16H12BrCl3IN3OS/c17-10-3-1-9(2-4-10)13(25)23-14(16(18,19)20)24-15(26)22-12-7-5-11(21)6-8-12/h1-8,14H,(H,23,25)(H2,22,24,26)/t14-/m0/s1. The van der Waals surface area contributed by atoms with Gasteiger partial charge in [-0.25, -0.2) is 0 Å².